The van der Waals surface area contributed by atoms with Crippen molar-refractivity contribution in [1.29, 1.82) is 0 Å². The Morgan fingerprint density at radius 2 is 2.31 bits per heavy atom. The maximum Gasteiger partial charge on any atom is 0.305 e. The molecule has 0 spiro atoms. The zero-order valence-corrected chi connectivity index (χ0v) is 9.66. The summed E-state index contributed by atoms with van der Waals surface area (Å²) < 4.78 is 0. The van der Waals surface area contributed by atoms with Crippen LogP contribution in [-0.4, -0.2) is 36.1 Å². The third-order valence-electron chi connectivity index (χ3n) is 2.93. The first-order chi connectivity index (χ1) is 7.63. The van der Waals surface area contributed by atoms with Crippen LogP contribution in [0.5, 0.6) is 0 Å². The summed E-state index contributed by atoms with van der Waals surface area (Å²) in [5.41, 5.74) is 0. The summed E-state index contributed by atoms with van der Waals surface area (Å²) in [5, 5.41) is 14.7. The average molecular weight is 228 g/mol. The van der Waals surface area contributed by atoms with Crippen LogP contribution in [0.2, 0.25) is 0 Å². The van der Waals surface area contributed by atoms with Gasteiger partial charge in [-0.15, -0.1) is 0 Å². The summed E-state index contributed by atoms with van der Waals surface area (Å²) in [6, 6.07) is -0.244. The Balaban J connectivity index is 2.38. The molecule has 0 aromatic rings. The molecule has 0 bridgehead atoms. The zero-order valence-electron chi connectivity index (χ0n) is 9.66. The quantitative estimate of drug-likeness (QED) is 0.634. The number of nitrogens with one attached hydrogen (secondary N) is 2. The third-order valence-corrected chi connectivity index (χ3v) is 2.93. The number of aliphatic carboxylic acids is 1. The SMILES string of the molecule is CCC(CC(=O)O)NC(=O)[C@@H]1CCCNC1. The maximum atomic E-state index is 11.8. The van der Waals surface area contributed by atoms with Gasteiger partial charge in [0.2, 0.25) is 5.91 Å². The van der Waals surface area contributed by atoms with Crippen molar-refractivity contribution in [1.82, 2.24) is 10.6 Å². The highest BCUT2D eigenvalue weighted by Crippen LogP contribution is 2.11. The molecule has 1 rings (SSSR count). The third kappa shape index (κ3) is 4.18. The molecular weight excluding hydrogens is 208 g/mol. The molecule has 1 saturated heterocycles. The van der Waals surface area contributed by atoms with Gasteiger partial charge in [-0.2, -0.15) is 0 Å². The summed E-state index contributed by atoms with van der Waals surface area (Å²) in [6.45, 7) is 3.55. The number of amides is 1. The molecule has 1 amide bonds. The Bertz CT molecular complexity index is 250. The van der Waals surface area contributed by atoms with Crippen LogP contribution in [-0.2, 0) is 9.59 Å². The fraction of sp³-hybridized carbons (Fsp3) is 0.818. The maximum absolute atomic E-state index is 11.8. The number of carboxylic acid groups (broad SMARTS) is 1. The van der Waals surface area contributed by atoms with Gasteiger partial charge in [-0.3, -0.25) is 9.59 Å². The second-order valence-corrected chi connectivity index (χ2v) is 4.25. The molecule has 1 aliphatic heterocycles. The van der Waals surface area contributed by atoms with Crippen LogP contribution in [0, 0.1) is 5.92 Å². The van der Waals surface area contributed by atoms with Crippen molar-refractivity contribution in [2.75, 3.05) is 13.1 Å². The lowest BCUT2D eigenvalue weighted by Gasteiger charge is -2.24. The van der Waals surface area contributed by atoms with Gasteiger partial charge in [0.1, 0.15) is 0 Å². The first kappa shape index (κ1) is 13.0. The summed E-state index contributed by atoms with van der Waals surface area (Å²) in [4.78, 5) is 22.4. The zero-order chi connectivity index (χ0) is 12.0. The van der Waals surface area contributed by atoms with Gasteiger partial charge in [0.25, 0.3) is 0 Å². The van der Waals surface area contributed by atoms with Gasteiger partial charge in [0, 0.05) is 12.6 Å². The Morgan fingerprint density at radius 3 is 2.81 bits per heavy atom. The van der Waals surface area contributed by atoms with E-state index in [1.807, 2.05) is 6.92 Å². The van der Waals surface area contributed by atoms with Crippen LogP contribution in [0.25, 0.3) is 0 Å². The molecule has 0 aromatic carbocycles. The molecule has 1 aliphatic rings. The van der Waals surface area contributed by atoms with E-state index in [-0.39, 0.29) is 24.3 Å². The van der Waals surface area contributed by atoms with Crippen LogP contribution in [0.1, 0.15) is 32.6 Å². The van der Waals surface area contributed by atoms with Crippen molar-refractivity contribution < 1.29 is 14.7 Å². The lowest BCUT2D eigenvalue weighted by molar-refractivity contribution is -0.137. The summed E-state index contributed by atoms with van der Waals surface area (Å²) >= 11 is 0. The van der Waals surface area contributed by atoms with Crippen LogP contribution < -0.4 is 10.6 Å². The Hall–Kier alpha value is -1.10. The molecule has 1 fully saturated rings. The summed E-state index contributed by atoms with van der Waals surface area (Å²) in [5.74, 6) is -0.884. The van der Waals surface area contributed by atoms with Gasteiger partial charge in [0.05, 0.1) is 12.3 Å². The molecule has 2 atom stereocenters. The van der Waals surface area contributed by atoms with E-state index in [1.54, 1.807) is 0 Å². The minimum Gasteiger partial charge on any atom is -0.481 e. The molecular formula is C11H20N2O3. The number of rotatable bonds is 5. The molecule has 3 N–H and O–H groups in total. The largest absolute Gasteiger partial charge is 0.481 e. The van der Waals surface area contributed by atoms with Crippen molar-refractivity contribution in [3.63, 3.8) is 0 Å². The lowest BCUT2D eigenvalue weighted by Crippen LogP contribution is -2.44. The van der Waals surface area contributed by atoms with Crippen molar-refractivity contribution in [2.45, 2.75) is 38.6 Å². The fourth-order valence-electron chi connectivity index (χ4n) is 1.90. The highest BCUT2D eigenvalue weighted by atomic mass is 16.4. The van der Waals surface area contributed by atoms with Gasteiger partial charge in [0.15, 0.2) is 0 Å². The van der Waals surface area contributed by atoms with E-state index in [2.05, 4.69) is 10.6 Å². The van der Waals surface area contributed by atoms with Gasteiger partial charge < -0.3 is 15.7 Å². The Labute approximate surface area is 95.6 Å². The molecule has 92 valence electrons. The summed E-state index contributed by atoms with van der Waals surface area (Å²) in [7, 11) is 0. The van der Waals surface area contributed by atoms with E-state index in [0.717, 1.165) is 19.4 Å². The molecule has 0 aliphatic carbocycles. The minimum absolute atomic E-state index is 0.00237. The molecule has 5 nitrogen and oxygen atoms in total. The number of carboxylic acids is 1. The molecule has 0 aromatic heterocycles. The van der Waals surface area contributed by atoms with Gasteiger partial charge >= 0.3 is 5.97 Å². The standard InChI is InChI=1S/C11H20N2O3/c1-2-9(6-10(14)15)13-11(16)8-4-3-5-12-7-8/h8-9,12H,2-7H2,1H3,(H,13,16)(H,14,15)/t8-,9?/m1/s1. The van der Waals surface area contributed by atoms with E-state index >= 15 is 0 Å². The highest BCUT2D eigenvalue weighted by Gasteiger charge is 2.23. The van der Waals surface area contributed by atoms with E-state index in [4.69, 9.17) is 5.11 Å². The molecule has 0 saturated carbocycles. The van der Waals surface area contributed by atoms with Crippen molar-refractivity contribution in [3.8, 4) is 0 Å². The number of carbonyl (C=O) groups excluding carboxylic acids is 1. The average Bonchev–Trinajstić information content (AvgIpc) is 2.28. The lowest BCUT2D eigenvalue weighted by atomic mass is 9.98. The predicted octanol–water partition coefficient (Wildman–Crippen LogP) is 0.356. The molecule has 16 heavy (non-hydrogen) atoms. The van der Waals surface area contributed by atoms with Crippen molar-refractivity contribution in [3.05, 3.63) is 0 Å². The van der Waals surface area contributed by atoms with Crippen LogP contribution in [0.3, 0.4) is 0 Å². The van der Waals surface area contributed by atoms with Gasteiger partial charge in [-0.25, -0.2) is 0 Å². The second kappa shape index (κ2) is 6.48. The number of hydrogen-bond acceptors (Lipinski definition) is 3. The van der Waals surface area contributed by atoms with E-state index in [0.29, 0.717) is 13.0 Å². The number of hydrogen-bond donors (Lipinski definition) is 3. The molecule has 0 radical (unpaired) electrons. The van der Waals surface area contributed by atoms with Gasteiger partial charge in [-0.1, -0.05) is 6.92 Å². The van der Waals surface area contributed by atoms with Gasteiger partial charge in [-0.05, 0) is 25.8 Å². The first-order valence-electron chi connectivity index (χ1n) is 5.86. The highest BCUT2D eigenvalue weighted by molar-refractivity contribution is 5.80. The fourth-order valence-corrected chi connectivity index (χ4v) is 1.90. The molecule has 1 heterocycles. The Kier molecular flexibility index (Phi) is 5.25. The Morgan fingerprint density at radius 1 is 1.56 bits per heavy atom. The monoisotopic (exact) mass is 228 g/mol. The smallest absolute Gasteiger partial charge is 0.305 e. The molecule has 5 heteroatoms. The first-order valence-corrected chi connectivity index (χ1v) is 5.86. The van der Waals surface area contributed by atoms with E-state index in [1.165, 1.54) is 0 Å². The number of piperidine rings is 1. The van der Waals surface area contributed by atoms with E-state index in [9.17, 15) is 9.59 Å². The summed E-state index contributed by atoms with van der Waals surface area (Å²) in [6.07, 6.45) is 2.55. The van der Waals surface area contributed by atoms with Crippen molar-refractivity contribution in [2.24, 2.45) is 5.92 Å². The molecule has 1 unspecified atom stereocenters. The second-order valence-electron chi connectivity index (χ2n) is 4.25. The van der Waals surface area contributed by atoms with Crippen LogP contribution in [0.15, 0.2) is 0 Å². The predicted molar refractivity (Wildman–Crippen MR) is 60.1 cm³/mol. The van der Waals surface area contributed by atoms with Crippen LogP contribution >= 0.6 is 0 Å². The van der Waals surface area contributed by atoms with Crippen LogP contribution in [0.4, 0.5) is 0 Å². The van der Waals surface area contributed by atoms with E-state index < -0.39 is 5.97 Å². The normalized spacial score (nSPS) is 22.4. The minimum atomic E-state index is -0.867. The number of carbonyl (C=O) groups is 2. The topological polar surface area (TPSA) is 78.4 Å². The van der Waals surface area contributed by atoms with Crippen molar-refractivity contribution >= 4 is 11.9 Å².